The number of benzene rings is 1. The lowest BCUT2D eigenvalue weighted by Crippen LogP contribution is -2.24. The predicted octanol–water partition coefficient (Wildman–Crippen LogP) is 1.99. The van der Waals surface area contributed by atoms with Crippen LogP contribution in [-0.4, -0.2) is 11.9 Å². The summed E-state index contributed by atoms with van der Waals surface area (Å²) >= 11 is 0. The van der Waals surface area contributed by atoms with Crippen LogP contribution in [0.4, 0.5) is 0 Å². The SMILES string of the molecule is Cc1cccc(C2CC(=O)NC2C)c1. The molecule has 74 valence electrons. The second kappa shape index (κ2) is 3.45. The molecule has 1 fully saturated rings. The van der Waals surface area contributed by atoms with Crippen molar-refractivity contribution in [3.63, 3.8) is 0 Å². The molecule has 2 nitrogen and oxygen atoms in total. The van der Waals surface area contributed by atoms with Crippen molar-refractivity contribution in [1.82, 2.24) is 5.32 Å². The van der Waals surface area contributed by atoms with Gasteiger partial charge in [0.2, 0.25) is 5.91 Å². The third-order valence-electron chi connectivity index (χ3n) is 2.87. The normalized spacial score (nSPS) is 26.3. The van der Waals surface area contributed by atoms with Crippen molar-refractivity contribution in [3.8, 4) is 0 Å². The average molecular weight is 189 g/mol. The molecule has 1 aromatic carbocycles. The maximum absolute atomic E-state index is 11.2. The molecule has 1 heterocycles. The molecule has 1 amide bonds. The van der Waals surface area contributed by atoms with Crippen LogP contribution in [0.3, 0.4) is 0 Å². The zero-order valence-corrected chi connectivity index (χ0v) is 8.58. The van der Waals surface area contributed by atoms with Gasteiger partial charge in [-0.25, -0.2) is 0 Å². The fourth-order valence-electron chi connectivity index (χ4n) is 2.10. The quantitative estimate of drug-likeness (QED) is 0.719. The highest BCUT2D eigenvalue weighted by molar-refractivity contribution is 5.80. The topological polar surface area (TPSA) is 29.1 Å². The van der Waals surface area contributed by atoms with E-state index in [2.05, 4.69) is 43.4 Å². The van der Waals surface area contributed by atoms with Gasteiger partial charge in [0.15, 0.2) is 0 Å². The molecule has 2 heteroatoms. The molecule has 0 saturated carbocycles. The van der Waals surface area contributed by atoms with Crippen LogP contribution in [0.15, 0.2) is 24.3 Å². The molecule has 0 bridgehead atoms. The molecule has 14 heavy (non-hydrogen) atoms. The van der Waals surface area contributed by atoms with Crippen LogP contribution in [0.2, 0.25) is 0 Å². The first-order valence-electron chi connectivity index (χ1n) is 5.03. The first kappa shape index (κ1) is 9.25. The van der Waals surface area contributed by atoms with Gasteiger partial charge in [0, 0.05) is 18.4 Å². The number of hydrogen-bond acceptors (Lipinski definition) is 1. The number of rotatable bonds is 1. The van der Waals surface area contributed by atoms with E-state index in [1.807, 2.05) is 0 Å². The molecule has 2 rings (SSSR count). The van der Waals surface area contributed by atoms with E-state index in [0.29, 0.717) is 12.3 Å². The molecule has 0 spiro atoms. The number of aryl methyl sites for hydroxylation is 1. The Hall–Kier alpha value is -1.31. The van der Waals surface area contributed by atoms with Gasteiger partial charge in [0.05, 0.1) is 0 Å². The summed E-state index contributed by atoms with van der Waals surface area (Å²) in [6.07, 6.45) is 0.630. The summed E-state index contributed by atoms with van der Waals surface area (Å²) in [7, 11) is 0. The van der Waals surface area contributed by atoms with Gasteiger partial charge in [0.25, 0.3) is 0 Å². The van der Waals surface area contributed by atoms with Gasteiger partial charge in [-0.15, -0.1) is 0 Å². The van der Waals surface area contributed by atoms with Crippen molar-refractivity contribution in [3.05, 3.63) is 35.4 Å². The lowest BCUT2D eigenvalue weighted by molar-refractivity contribution is -0.119. The summed E-state index contributed by atoms with van der Waals surface area (Å²) in [5, 5.41) is 2.95. The third-order valence-corrected chi connectivity index (χ3v) is 2.87. The fraction of sp³-hybridized carbons (Fsp3) is 0.417. The number of carbonyl (C=O) groups is 1. The number of hydrogen-bond donors (Lipinski definition) is 1. The van der Waals surface area contributed by atoms with Crippen LogP contribution in [-0.2, 0) is 4.79 Å². The molecule has 0 radical (unpaired) electrons. The molecular formula is C12H15NO. The van der Waals surface area contributed by atoms with Crippen molar-refractivity contribution < 1.29 is 4.79 Å². The average Bonchev–Trinajstić information content (AvgIpc) is 2.45. The molecule has 0 aromatic heterocycles. The van der Waals surface area contributed by atoms with Gasteiger partial charge < -0.3 is 5.32 Å². The Labute approximate surface area is 84.3 Å². The first-order chi connectivity index (χ1) is 6.66. The van der Waals surface area contributed by atoms with Crippen molar-refractivity contribution in [1.29, 1.82) is 0 Å². The van der Waals surface area contributed by atoms with E-state index in [-0.39, 0.29) is 11.9 Å². The molecule has 2 atom stereocenters. The van der Waals surface area contributed by atoms with Crippen molar-refractivity contribution >= 4 is 5.91 Å². The monoisotopic (exact) mass is 189 g/mol. The smallest absolute Gasteiger partial charge is 0.220 e. The van der Waals surface area contributed by atoms with Gasteiger partial charge in [-0.1, -0.05) is 29.8 Å². The minimum absolute atomic E-state index is 0.170. The molecule has 2 unspecified atom stereocenters. The highest BCUT2D eigenvalue weighted by Gasteiger charge is 2.29. The van der Waals surface area contributed by atoms with E-state index >= 15 is 0 Å². The summed E-state index contributed by atoms with van der Waals surface area (Å²) in [6, 6.07) is 8.68. The second-order valence-electron chi connectivity index (χ2n) is 4.08. The first-order valence-corrected chi connectivity index (χ1v) is 5.03. The molecule has 0 aliphatic carbocycles. The van der Waals surface area contributed by atoms with E-state index in [1.165, 1.54) is 11.1 Å². The van der Waals surface area contributed by atoms with E-state index in [4.69, 9.17) is 0 Å². The second-order valence-corrected chi connectivity index (χ2v) is 4.08. The molecule has 1 N–H and O–H groups in total. The van der Waals surface area contributed by atoms with E-state index < -0.39 is 0 Å². The predicted molar refractivity (Wildman–Crippen MR) is 56.1 cm³/mol. The van der Waals surface area contributed by atoms with Crippen molar-refractivity contribution in [2.75, 3.05) is 0 Å². The van der Waals surface area contributed by atoms with Gasteiger partial charge in [-0.2, -0.15) is 0 Å². The Kier molecular flexibility index (Phi) is 2.28. The summed E-state index contributed by atoms with van der Waals surface area (Å²) in [5.41, 5.74) is 2.53. The standard InChI is InChI=1S/C12H15NO/c1-8-4-3-5-10(6-8)11-7-12(14)13-9(11)2/h3-6,9,11H,7H2,1-2H3,(H,13,14). The molecular weight excluding hydrogens is 174 g/mol. The van der Waals surface area contributed by atoms with Crippen LogP contribution in [0.1, 0.15) is 30.4 Å². The maximum atomic E-state index is 11.2. The summed E-state index contributed by atoms with van der Waals surface area (Å²) in [4.78, 5) is 11.2. The number of amides is 1. The highest BCUT2D eigenvalue weighted by Crippen LogP contribution is 2.28. The van der Waals surface area contributed by atoms with E-state index in [9.17, 15) is 4.79 Å². The highest BCUT2D eigenvalue weighted by atomic mass is 16.1. The zero-order chi connectivity index (χ0) is 10.1. The van der Waals surface area contributed by atoms with Gasteiger partial charge in [-0.3, -0.25) is 4.79 Å². The Morgan fingerprint density at radius 2 is 2.21 bits per heavy atom. The zero-order valence-electron chi connectivity index (χ0n) is 8.58. The molecule has 1 aliphatic heterocycles. The molecule has 1 aromatic rings. The lowest BCUT2D eigenvalue weighted by Gasteiger charge is -2.14. The van der Waals surface area contributed by atoms with Crippen LogP contribution >= 0.6 is 0 Å². The minimum atomic E-state index is 0.170. The minimum Gasteiger partial charge on any atom is -0.353 e. The Morgan fingerprint density at radius 3 is 2.79 bits per heavy atom. The van der Waals surface area contributed by atoms with Crippen LogP contribution in [0.25, 0.3) is 0 Å². The Balaban J connectivity index is 2.27. The van der Waals surface area contributed by atoms with Crippen molar-refractivity contribution in [2.24, 2.45) is 0 Å². The van der Waals surface area contributed by atoms with Crippen LogP contribution < -0.4 is 5.32 Å². The Bertz CT molecular complexity index is 359. The van der Waals surface area contributed by atoms with E-state index in [1.54, 1.807) is 0 Å². The molecule has 1 saturated heterocycles. The number of carbonyl (C=O) groups excluding carboxylic acids is 1. The lowest BCUT2D eigenvalue weighted by atomic mass is 9.92. The summed E-state index contributed by atoms with van der Waals surface area (Å²) < 4.78 is 0. The summed E-state index contributed by atoms with van der Waals surface area (Å²) in [6.45, 7) is 4.15. The van der Waals surface area contributed by atoms with Gasteiger partial charge in [-0.05, 0) is 19.4 Å². The van der Waals surface area contributed by atoms with Crippen molar-refractivity contribution in [2.45, 2.75) is 32.2 Å². The Morgan fingerprint density at radius 1 is 1.43 bits per heavy atom. The van der Waals surface area contributed by atoms with Gasteiger partial charge >= 0.3 is 0 Å². The number of nitrogens with one attached hydrogen (secondary N) is 1. The van der Waals surface area contributed by atoms with E-state index in [0.717, 1.165) is 0 Å². The fourth-order valence-corrected chi connectivity index (χ4v) is 2.10. The largest absolute Gasteiger partial charge is 0.353 e. The maximum Gasteiger partial charge on any atom is 0.220 e. The summed E-state index contributed by atoms with van der Waals surface area (Å²) in [5.74, 6) is 0.520. The van der Waals surface area contributed by atoms with Crippen LogP contribution in [0, 0.1) is 6.92 Å². The molecule has 1 aliphatic rings. The third kappa shape index (κ3) is 1.65. The van der Waals surface area contributed by atoms with Gasteiger partial charge in [0.1, 0.15) is 0 Å². The van der Waals surface area contributed by atoms with Crippen LogP contribution in [0.5, 0.6) is 0 Å².